The highest BCUT2D eigenvalue weighted by Crippen LogP contribution is 2.32. The van der Waals surface area contributed by atoms with Gasteiger partial charge >= 0.3 is 0 Å². The van der Waals surface area contributed by atoms with Crippen LogP contribution in [0.3, 0.4) is 0 Å². The van der Waals surface area contributed by atoms with Gasteiger partial charge in [-0.1, -0.05) is 11.6 Å². The van der Waals surface area contributed by atoms with Crippen molar-refractivity contribution in [1.29, 1.82) is 0 Å². The fraction of sp³-hybridized carbons (Fsp3) is 0.214. The van der Waals surface area contributed by atoms with Crippen LogP contribution in [-0.2, 0) is 11.3 Å². The predicted molar refractivity (Wildman–Crippen MR) is 147 cm³/mol. The third-order valence-corrected chi connectivity index (χ3v) is 6.67. The second kappa shape index (κ2) is 11.0. The van der Waals surface area contributed by atoms with Crippen LogP contribution < -0.4 is 11.1 Å². The third-order valence-electron chi connectivity index (χ3n) is 6.39. The number of anilines is 1. The Hall–Kier alpha value is -4.21. The number of fused-ring (bicyclic) bond motifs is 1. The number of aromatic nitrogens is 2. The van der Waals surface area contributed by atoms with Crippen LogP contribution in [0.4, 0.5) is 5.82 Å². The molecule has 0 unspecified atom stereocenters. The van der Waals surface area contributed by atoms with Crippen LogP contribution in [0.15, 0.2) is 65.4 Å². The molecule has 1 saturated heterocycles. The van der Waals surface area contributed by atoms with Crippen molar-refractivity contribution in [2.24, 2.45) is 0 Å². The molecule has 0 atom stereocenters. The zero-order valence-electron chi connectivity index (χ0n) is 20.9. The van der Waals surface area contributed by atoms with Crippen LogP contribution in [0.2, 0.25) is 5.02 Å². The van der Waals surface area contributed by atoms with Gasteiger partial charge in [0, 0.05) is 55.6 Å². The summed E-state index contributed by atoms with van der Waals surface area (Å²) in [6.07, 6.45) is 6.27. The summed E-state index contributed by atoms with van der Waals surface area (Å²) in [7, 11) is 2.05. The highest BCUT2D eigenvalue weighted by atomic mass is 35.5. The minimum Gasteiger partial charge on any atom is -0.458 e. The number of halogens is 1. The Balaban J connectivity index is 1.25. The first kappa shape index (κ1) is 25.4. The number of carbonyl (C=O) groups is 2. The van der Waals surface area contributed by atoms with Gasteiger partial charge in [0.1, 0.15) is 11.6 Å². The Kier molecular flexibility index (Phi) is 7.39. The normalized spacial score (nSPS) is 14.3. The van der Waals surface area contributed by atoms with E-state index in [1.165, 1.54) is 6.08 Å². The highest BCUT2D eigenvalue weighted by molar-refractivity contribution is 6.35. The van der Waals surface area contributed by atoms with Gasteiger partial charge in [-0.15, -0.1) is 0 Å². The van der Waals surface area contributed by atoms with Crippen LogP contribution in [0, 0.1) is 0 Å². The molecule has 3 aromatic heterocycles. The van der Waals surface area contributed by atoms with Gasteiger partial charge in [-0.3, -0.25) is 14.6 Å². The van der Waals surface area contributed by atoms with Crippen LogP contribution in [0.5, 0.6) is 0 Å². The van der Waals surface area contributed by atoms with Crippen molar-refractivity contribution < 1.29 is 14.0 Å². The lowest BCUT2D eigenvalue weighted by atomic mass is 10.1. The van der Waals surface area contributed by atoms with E-state index in [-0.39, 0.29) is 18.4 Å². The lowest BCUT2D eigenvalue weighted by Crippen LogP contribution is -2.47. The maximum absolute atomic E-state index is 12.8. The molecule has 0 aliphatic carbocycles. The topological polar surface area (TPSA) is 118 Å². The SMILES string of the molecule is CN1CCN(C(=O)c2ccc(-c3cc(Cl)c4oc(CNC(=O)/C=C/c5ccc(N)nc5)cc4c3)nc2)CC1. The summed E-state index contributed by atoms with van der Waals surface area (Å²) >= 11 is 6.51. The second-order valence-electron chi connectivity index (χ2n) is 9.18. The molecule has 4 aromatic rings. The first-order valence-corrected chi connectivity index (χ1v) is 12.6. The quantitative estimate of drug-likeness (QED) is 0.364. The number of hydrogen-bond donors (Lipinski definition) is 2. The van der Waals surface area contributed by atoms with Crippen LogP contribution in [0.1, 0.15) is 21.7 Å². The van der Waals surface area contributed by atoms with Gasteiger partial charge in [0.15, 0.2) is 5.58 Å². The number of rotatable bonds is 6. The second-order valence-corrected chi connectivity index (χ2v) is 9.59. The number of carbonyl (C=O) groups excluding carboxylic acids is 2. The predicted octanol–water partition coefficient (Wildman–Crippen LogP) is 3.84. The van der Waals surface area contributed by atoms with E-state index in [1.54, 1.807) is 42.7 Å². The maximum Gasteiger partial charge on any atom is 0.255 e. The average molecular weight is 531 g/mol. The van der Waals surface area contributed by atoms with Crippen molar-refractivity contribution in [2.75, 3.05) is 39.0 Å². The molecular weight excluding hydrogens is 504 g/mol. The number of nitrogens with two attached hydrogens (primary N) is 1. The number of nitrogens with one attached hydrogen (secondary N) is 1. The van der Waals surface area contributed by atoms with Crippen molar-refractivity contribution in [1.82, 2.24) is 25.1 Å². The summed E-state index contributed by atoms with van der Waals surface area (Å²) < 4.78 is 5.87. The van der Waals surface area contributed by atoms with E-state index in [2.05, 4.69) is 27.2 Å². The van der Waals surface area contributed by atoms with Gasteiger partial charge in [-0.05, 0) is 61.2 Å². The molecule has 1 aliphatic rings. The van der Waals surface area contributed by atoms with E-state index in [0.717, 1.165) is 29.6 Å². The number of hydrogen-bond acceptors (Lipinski definition) is 7. The van der Waals surface area contributed by atoms with Crippen molar-refractivity contribution >= 4 is 46.3 Å². The van der Waals surface area contributed by atoms with E-state index in [0.29, 0.717) is 46.5 Å². The van der Waals surface area contributed by atoms with Crippen molar-refractivity contribution in [2.45, 2.75) is 6.54 Å². The van der Waals surface area contributed by atoms with Crippen LogP contribution in [0.25, 0.3) is 28.3 Å². The third kappa shape index (κ3) is 5.85. The fourth-order valence-electron chi connectivity index (χ4n) is 4.20. The molecule has 4 heterocycles. The molecule has 38 heavy (non-hydrogen) atoms. The summed E-state index contributed by atoms with van der Waals surface area (Å²) in [5.41, 5.74) is 8.93. The fourth-order valence-corrected chi connectivity index (χ4v) is 4.47. The molecule has 1 aliphatic heterocycles. The molecule has 9 nitrogen and oxygen atoms in total. The molecule has 1 fully saturated rings. The van der Waals surface area contributed by atoms with E-state index in [1.807, 2.05) is 23.1 Å². The van der Waals surface area contributed by atoms with E-state index >= 15 is 0 Å². The average Bonchev–Trinajstić information content (AvgIpc) is 3.35. The molecule has 0 bridgehead atoms. The van der Waals surface area contributed by atoms with Crippen molar-refractivity contribution in [3.05, 3.63) is 82.8 Å². The first-order chi connectivity index (χ1) is 18.4. The summed E-state index contributed by atoms with van der Waals surface area (Å²) in [4.78, 5) is 37.6. The van der Waals surface area contributed by atoms with Gasteiger partial charge < -0.3 is 25.3 Å². The summed E-state index contributed by atoms with van der Waals surface area (Å²) in [6.45, 7) is 3.35. The minimum atomic E-state index is -0.274. The molecule has 0 spiro atoms. The Labute approximate surface area is 224 Å². The smallest absolute Gasteiger partial charge is 0.255 e. The molecule has 3 N–H and O–H groups in total. The highest BCUT2D eigenvalue weighted by Gasteiger charge is 2.21. The largest absolute Gasteiger partial charge is 0.458 e. The van der Waals surface area contributed by atoms with Crippen molar-refractivity contribution in [3.8, 4) is 11.3 Å². The molecule has 0 saturated carbocycles. The zero-order chi connectivity index (χ0) is 26.6. The monoisotopic (exact) mass is 530 g/mol. The number of piperazine rings is 1. The summed E-state index contributed by atoms with van der Waals surface area (Å²) in [5.74, 6) is 0.704. The van der Waals surface area contributed by atoms with Crippen molar-refractivity contribution in [3.63, 3.8) is 0 Å². The van der Waals surface area contributed by atoms with Crippen LogP contribution in [-0.4, -0.2) is 64.8 Å². The number of pyridine rings is 2. The minimum absolute atomic E-state index is 0.00728. The molecule has 0 radical (unpaired) electrons. The van der Waals surface area contributed by atoms with E-state index in [9.17, 15) is 9.59 Å². The van der Waals surface area contributed by atoms with Gasteiger partial charge in [-0.25, -0.2) is 4.98 Å². The molecular formula is C28H27ClN6O3. The Morgan fingerprint density at radius 1 is 1.08 bits per heavy atom. The number of nitrogens with zero attached hydrogens (tertiary/aromatic N) is 4. The first-order valence-electron chi connectivity index (χ1n) is 12.2. The Morgan fingerprint density at radius 2 is 1.89 bits per heavy atom. The molecule has 194 valence electrons. The zero-order valence-corrected chi connectivity index (χ0v) is 21.6. The number of likely N-dealkylation sites (N-methyl/N-ethyl adjacent to an activating group) is 1. The Bertz CT molecular complexity index is 1490. The van der Waals surface area contributed by atoms with Gasteiger partial charge in [0.05, 0.1) is 22.8 Å². The lowest BCUT2D eigenvalue weighted by molar-refractivity contribution is -0.116. The number of amides is 2. The molecule has 10 heteroatoms. The van der Waals surface area contributed by atoms with E-state index < -0.39 is 0 Å². The Morgan fingerprint density at radius 3 is 2.61 bits per heavy atom. The summed E-state index contributed by atoms with van der Waals surface area (Å²) in [6, 6.07) is 12.6. The number of nitrogen functional groups attached to an aromatic ring is 1. The number of furan rings is 1. The maximum atomic E-state index is 12.8. The van der Waals surface area contributed by atoms with E-state index in [4.69, 9.17) is 21.8 Å². The molecule has 2 amide bonds. The summed E-state index contributed by atoms with van der Waals surface area (Å²) in [5, 5.41) is 4.02. The van der Waals surface area contributed by atoms with Gasteiger partial charge in [0.2, 0.25) is 5.91 Å². The number of benzene rings is 1. The van der Waals surface area contributed by atoms with Gasteiger partial charge in [0.25, 0.3) is 5.91 Å². The standard InChI is InChI=1S/C28H27ClN6O3/c1-34-8-10-35(11-9-34)28(37)19-4-5-24(31-16-19)20-12-21-13-22(38-27(21)23(29)14-20)17-33-26(36)7-3-18-2-6-25(30)32-15-18/h2-7,12-16H,8-11,17H2,1H3,(H2,30,32)(H,33,36)/b7-3+. The van der Waals surface area contributed by atoms with Crippen LogP contribution >= 0.6 is 11.6 Å². The lowest BCUT2D eigenvalue weighted by Gasteiger charge is -2.32. The molecule has 1 aromatic carbocycles. The van der Waals surface area contributed by atoms with Gasteiger partial charge in [-0.2, -0.15) is 0 Å². The molecule has 5 rings (SSSR count).